The summed E-state index contributed by atoms with van der Waals surface area (Å²) in [5.74, 6) is 0.992. The lowest BCUT2D eigenvalue weighted by Gasteiger charge is -2.32. The molecule has 8 heteroatoms. The minimum absolute atomic E-state index is 0.0632. The minimum atomic E-state index is -0.634. The summed E-state index contributed by atoms with van der Waals surface area (Å²) in [7, 11) is 1.86. The van der Waals surface area contributed by atoms with Gasteiger partial charge in [0.15, 0.2) is 0 Å². The maximum Gasteiger partial charge on any atom is 0.263 e. The van der Waals surface area contributed by atoms with Crippen LogP contribution in [-0.4, -0.2) is 32.4 Å². The van der Waals surface area contributed by atoms with E-state index in [1.54, 1.807) is 23.9 Å². The van der Waals surface area contributed by atoms with Crippen LogP contribution in [0.15, 0.2) is 47.4 Å². The topological polar surface area (TPSA) is 60.3 Å². The van der Waals surface area contributed by atoms with Crippen LogP contribution in [0.3, 0.4) is 0 Å². The van der Waals surface area contributed by atoms with Crippen LogP contribution in [-0.2, 0) is 7.05 Å². The predicted molar refractivity (Wildman–Crippen MR) is 131 cm³/mol. The molecule has 0 atom stereocenters. The zero-order valence-corrected chi connectivity index (χ0v) is 19.4. The highest BCUT2D eigenvalue weighted by Crippen LogP contribution is 2.30. The Kier molecular flexibility index (Phi) is 5.40. The number of aromatic nitrogens is 4. The molecule has 1 fully saturated rings. The van der Waals surface area contributed by atoms with E-state index in [1.165, 1.54) is 16.7 Å². The van der Waals surface area contributed by atoms with Crippen molar-refractivity contribution in [1.29, 1.82) is 0 Å². The first kappa shape index (κ1) is 21.8. The Morgan fingerprint density at radius 1 is 1.15 bits per heavy atom. The fourth-order valence-corrected chi connectivity index (χ4v) is 4.58. The number of piperidine rings is 1. The number of fused-ring (bicyclic) bond motifs is 1. The quantitative estimate of drug-likeness (QED) is 0.406. The molecular weight excluding hydrogens is 431 g/mol. The van der Waals surface area contributed by atoms with Gasteiger partial charge in [0.25, 0.3) is 5.56 Å². The summed E-state index contributed by atoms with van der Waals surface area (Å²) in [6.45, 7) is 12.8. The van der Waals surface area contributed by atoms with Crippen LogP contribution < -0.4 is 10.5 Å². The van der Waals surface area contributed by atoms with Gasteiger partial charge in [-0.05, 0) is 49.9 Å². The Morgan fingerprint density at radius 3 is 2.62 bits per heavy atom. The normalized spacial score (nSPS) is 14.5. The van der Waals surface area contributed by atoms with Crippen molar-refractivity contribution >= 4 is 22.4 Å². The summed E-state index contributed by atoms with van der Waals surface area (Å²) in [4.78, 5) is 24.1. The molecule has 1 saturated heterocycles. The predicted octanol–water partition coefficient (Wildman–Crippen LogP) is 5.02. The molecule has 0 amide bonds. The van der Waals surface area contributed by atoms with Gasteiger partial charge in [-0.15, -0.1) is 0 Å². The average molecular weight is 457 g/mol. The van der Waals surface area contributed by atoms with Crippen LogP contribution in [0.1, 0.15) is 25.3 Å². The van der Waals surface area contributed by atoms with E-state index in [2.05, 4.69) is 21.8 Å². The Balaban J connectivity index is 1.75. The van der Waals surface area contributed by atoms with E-state index in [1.807, 2.05) is 25.2 Å². The van der Waals surface area contributed by atoms with E-state index in [4.69, 9.17) is 11.6 Å². The second kappa shape index (κ2) is 8.41. The first-order valence-corrected chi connectivity index (χ1v) is 11.4. The molecule has 34 heavy (non-hydrogen) atoms. The highest BCUT2D eigenvalue weighted by Gasteiger charge is 2.24. The first-order valence-electron chi connectivity index (χ1n) is 11.4. The summed E-state index contributed by atoms with van der Waals surface area (Å²) in [6.07, 6.45) is 3.81. The molecule has 3 heterocycles. The third-order valence-electron chi connectivity index (χ3n) is 6.68. The molecule has 1 aliphatic rings. The van der Waals surface area contributed by atoms with E-state index in [-0.39, 0.29) is 11.2 Å². The lowest BCUT2D eigenvalue weighted by atomic mass is 9.99. The van der Waals surface area contributed by atoms with Crippen molar-refractivity contribution in [2.24, 2.45) is 13.0 Å². The molecule has 4 aromatic rings. The van der Waals surface area contributed by atoms with Gasteiger partial charge in [0.1, 0.15) is 17.5 Å². The van der Waals surface area contributed by atoms with E-state index in [0.29, 0.717) is 34.4 Å². The first-order chi connectivity index (χ1) is 16.4. The summed E-state index contributed by atoms with van der Waals surface area (Å²) in [5, 5.41) is 5.18. The summed E-state index contributed by atoms with van der Waals surface area (Å²) < 4.78 is 17.9. The van der Waals surface area contributed by atoms with E-state index >= 15 is 0 Å². The Bertz CT molecular complexity index is 1500. The highest BCUT2D eigenvalue weighted by molar-refractivity contribution is 5.81. The Hall–Kier alpha value is -3.99. The molecule has 0 unspecified atom stereocenters. The zero-order valence-electron chi connectivity index (χ0n) is 19.4. The monoisotopic (exact) mass is 456 g/mol. The van der Waals surface area contributed by atoms with Crippen molar-refractivity contribution in [3.63, 3.8) is 0 Å². The molecular formula is C26H25FN6O. The highest BCUT2D eigenvalue weighted by atomic mass is 19.1. The van der Waals surface area contributed by atoms with Gasteiger partial charge in [0, 0.05) is 31.1 Å². The van der Waals surface area contributed by atoms with Crippen LogP contribution in [0.5, 0.6) is 0 Å². The van der Waals surface area contributed by atoms with Gasteiger partial charge in [-0.2, -0.15) is 5.10 Å². The molecule has 0 spiro atoms. The molecule has 1 aliphatic heterocycles. The second-order valence-corrected chi connectivity index (χ2v) is 8.98. The molecule has 0 N–H and O–H groups in total. The van der Waals surface area contributed by atoms with Crippen LogP contribution in [0, 0.1) is 25.2 Å². The van der Waals surface area contributed by atoms with Gasteiger partial charge in [-0.1, -0.05) is 19.1 Å². The number of aryl methyl sites for hydroxylation is 1. The molecule has 2 aromatic heterocycles. The standard InChI is InChI=1S/C26H25FN6O/c1-16-9-11-32(12-10-16)24-17(2)26(34)33(20-6-8-23-19(13-20)15-29-31(23)4)25(30-24)18-5-7-22(28-3)21(27)14-18/h5-8,13-16H,9-12H2,1-2,4H3. The van der Waals surface area contributed by atoms with Crippen LogP contribution >= 0.6 is 0 Å². The molecule has 0 radical (unpaired) electrons. The zero-order chi connectivity index (χ0) is 24.0. The van der Waals surface area contributed by atoms with Crippen LogP contribution in [0.4, 0.5) is 15.9 Å². The fraction of sp³-hybridized carbons (Fsp3) is 0.308. The molecule has 2 aromatic carbocycles. The lowest BCUT2D eigenvalue weighted by molar-refractivity contribution is 0.436. The third-order valence-corrected chi connectivity index (χ3v) is 6.68. The largest absolute Gasteiger partial charge is 0.356 e. The maximum absolute atomic E-state index is 14.6. The van der Waals surface area contributed by atoms with Gasteiger partial charge in [0.2, 0.25) is 5.69 Å². The number of nitrogens with zero attached hydrogens (tertiary/aromatic N) is 6. The van der Waals surface area contributed by atoms with Gasteiger partial charge >= 0.3 is 0 Å². The van der Waals surface area contributed by atoms with Crippen molar-refractivity contribution in [1.82, 2.24) is 19.3 Å². The van der Waals surface area contributed by atoms with Crippen molar-refractivity contribution in [3.8, 4) is 17.1 Å². The number of hydrogen-bond acceptors (Lipinski definition) is 4. The van der Waals surface area contributed by atoms with Crippen LogP contribution in [0.25, 0.3) is 32.8 Å². The van der Waals surface area contributed by atoms with Crippen LogP contribution in [0.2, 0.25) is 0 Å². The smallest absolute Gasteiger partial charge is 0.263 e. The summed E-state index contributed by atoms with van der Waals surface area (Å²) >= 11 is 0. The summed E-state index contributed by atoms with van der Waals surface area (Å²) in [5.41, 5.74) is 2.31. The van der Waals surface area contributed by atoms with Gasteiger partial charge < -0.3 is 4.90 Å². The van der Waals surface area contributed by atoms with E-state index in [0.717, 1.165) is 36.8 Å². The van der Waals surface area contributed by atoms with Gasteiger partial charge in [0.05, 0.1) is 29.5 Å². The molecule has 0 aliphatic carbocycles. The van der Waals surface area contributed by atoms with Crippen molar-refractivity contribution < 1.29 is 4.39 Å². The van der Waals surface area contributed by atoms with E-state index in [9.17, 15) is 9.18 Å². The number of benzene rings is 2. The second-order valence-electron chi connectivity index (χ2n) is 8.98. The number of rotatable bonds is 3. The van der Waals surface area contributed by atoms with Gasteiger partial charge in [-0.3, -0.25) is 14.0 Å². The minimum Gasteiger partial charge on any atom is -0.356 e. The average Bonchev–Trinajstić information content (AvgIpc) is 3.21. The van der Waals surface area contributed by atoms with Crippen molar-refractivity contribution in [2.45, 2.75) is 26.7 Å². The lowest BCUT2D eigenvalue weighted by Crippen LogP contribution is -2.36. The van der Waals surface area contributed by atoms with Crippen molar-refractivity contribution in [3.05, 3.63) is 75.7 Å². The fourth-order valence-electron chi connectivity index (χ4n) is 4.58. The van der Waals surface area contributed by atoms with Crippen molar-refractivity contribution in [2.75, 3.05) is 18.0 Å². The molecule has 7 nitrogen and oxygen atoms in total. The number of anilines is 1. The molecule has 0 saturated carbocycles. The Labute approximate surface area is 196 Å². The maximum atomic E-state index is 14.6. The Morgan fingerprint density at radius 2 is 1.91 bits per heavy atom. The molecule has 5 rings (SSSR count). The number of halogens is 1. The number of hydrogen-bond donors (Lipinski definition) is 0. The summed E-state index contributed by atoms with van der Waals surface area (Å²) in [6, 6.07) is 10.0. The van der Waals surface area contributed by atoms with E-state index < -0.39 is 5.82 Å². The molecule has 172 valence electrons. The molecule has 0 bridgehead atoms. The SMILES string of the molecule is [C-]#[N+]c1ccc(-c2nc(N3CCC(C)CC3)c(C)c(=O)n2-c2ccc3c(cnn3C)c2)cc1F. The third kappa shape index (κ3) is 3.63. The van der Waals surface area contributed by atoms with Gasteiger partial charge in [-0.25, -0.2) is 14.2 Å².